The summed E-state index contributed by atoms with van der Waals surface area (Å²) in [5.41, 5.74) is 2.15. The number of carbonyl (C=O) groups is 3. The first-order chi connectivity index (χ1) is 16.4. The Morgan fingerprint density at radius 2 is 1.56 bits per heavy atom. The van der Waals surface area contributed by atoms with Gasteiger partial charge in [0, 0.05) is 24.2 Å². The number of anilines is 1. The summed E-state index contributed by atoms with van der Waals surface area (Å²) in [6, 6.07) is 14.8. The van der Waals surface area contributed by atoms with E-state index in [0.29, 0.717) is 40.0 Å². The number of nitrogens with one attached hydrogen (secondary N) is 1. The monoisotopic (exact) mass is 478 g/mol. The molecule has 0 spiro atoms. The minimum Gasteiger partial charge on any atom is -0.465 e. The number of ether oxygens (including phenoxy) is 2. The summed E-state index contributed by atoms with van der Waals surface area (Å²) in [6.07, 6.45) is 0. The topological polar surface area (TPSA) is 84.9 Å². The summed E-state index contributed by atoms with van der Waals surface area (Å²) in [4.78, 5) is 41.5. The summed E-state index contributed by atoms with van der Waals surface area (Å²) in [7, 11) is 1.28. The molecule has 34 heavy (non-hydrogen) atoms. The molecule has 8 heteroatoms. The Labute approximate surface area is 202 Å². The SMILES string of the molecule is CCN(CC)C(=O)c1sc(NC(=O)C2c3ccccc3Oc3ccccc32)c(C(=O)OC)c1C. The molecule has 1 aromatic heterocycles. The number of rotatable bonds is 6. The van der Waals surface area contributed by atoms with Gasteiger partial charge in [-0.05, 0) is 38.5 Å². The molecular weight excluding hydrogens is 452 g/mol. The van der Waals surface area contributed by atoms with Gasteiger partial charge in [0.1, 0.15) is 16.5 Å². The molecule has 176 valence electrons. The van der Waals surface area contributed by atoms with Crippen LogP contribution < -0.4 is 10.1 Å². The van der Waals surface area contributed by atoms with Gasteiger partial charge >= 0.3 is 5.97 Å². The largest absolute Gasteiger partial charge is 0.465 e. The first-order valence-electron chi connectivity index (χ1n) is 11.1. The smallest absolute Gasteiger partial charge is 0.341 e. The fourth-order valence-corrected chi connectivity index (χ4v) is 5.35. The number of carbonyl (C=O) groups excluding carboxylic acids is 3. The molecule has 0 unspecified atom stereocenters. The summed E-state index contributed by atoms with van der Waals surface area (Å²) in [6.45, 7) is 6.58. The number of methoxy groups -OCH3 is 1. The second-order valence-electron chi connectivity index (χ2n) is 7.83. The lowest BCUT2D eigenvalue weighted by Crippen LogP contribution is -2.30. The van der Waals surface area contributed by atoms with Crippen molar-refractivity contribution in [3.63, 3.8) is 0 Å². The highest BCUT2D eigenvalue weighted by atomic mass is 32.1. The van der Waals surface area contributed by atoms with Crippen LogP contribution in [0, 0.1) is 6.92 Å². The van der Waals surface area contributed by atoms with Gasteiger partial charge in [-0.25, -0.2) is 4.79 Å². The lowest BCUT2D eigenvalue weighted by atomic mass is 9.87. The van der Waals surface area contributed by atoms with Gasteiger partial charge < -0.3 is 19.7 Å². The van der Waals surface area contributed by atoms with Gasteiger partial charge in [0.15, 0.2) is 0 Å². The average molecular weight is 479 g/mol. The highest BCUT2D eigenvalue weighted by Gasteiger charge is 2.34. The molecule has 0 fully saturated rings. The van der Waals surface area contributed by atoms with Gasteiger partial charge in [-0.3, -0.25) is 9.59 Å². The minimum absolute atomic E-state index is 0.181. The zero-order chi connectivity index (χ0) is 24.4. The number of benzene rings is 2. The number of amides is 2. The molecule has 4 rings (SSSR count). The first kappa shape index (κ1) is 23.5. The first-order valence-corrected chi connectivity index (χ1v) is 11.9. The van der Waals surface area contributed by atoms with Crippen molar-refractivity contribution in [3.8, 4) is 11.5 Å². The lowest BCUT2D eigenvalue weighted by Gasteiger charge is -2.27. The van der Waals surface area contributed by atoms with Crippen LogP contribution in [-0.4, -0.2) is 42.9 Å². The zero-order valence-electron chi connectivity index (χ0n) is 19.5. The van der Waals surface area contributed by atoms with Crippen LogP contribution in [0.5, 0.6) is 11.5 Å². The van der Waals surface area contributed by atoms with Gasteiger partial charge in [0.2, 0.25) is 5.91 Å². The summed E-state index contributed by atoms with van der Waals surface area (Å²) < 4.78 is 11.0. The van der Waals surface area contributed by atoms with Crippen LogP contribution in [0.15, 0.2) is 48.5 Å². The molecule has 3 aromatic rings. The van der Waals surface area contributed by atoms with E-state index in [1.165, 1.54) is 7.11 Å². The van der Waals surface area contributed by atoms with Crippen molar-refractivity contribution in [1.82, 2.24) is 4.90 Å². The van der Waals surface area contributed by atoms with Crippen LogP contribution in [-0.2, 0) is 9.53 Å². The molecule has 0 bridgehead atoms. The fraction of sp³-hybridized carbons (Fsp3) is 0.269. The molecule has 0 atom stereocenters. The Balaban J connectivity index is 1.76. The van der Waals surface area contributed by atoms with Crippen LogP contribution in [0.2, 0.25) is 0 Å². The van der Waals surface area contributed by atoms with Crippen molar-refractivity contribution in [1.29, 1.82) is 0 Å². The molecule has 0 saturated heterocycles. The molecule has 2 amide bonds. The molecular formula is C26H26N2O5S. The number of hydrogen-bond donors (Lipinski definition) is 1. The number of fused-ring (bicyclic) bond motifs is 2. The van der Waals surface area contributed by atoms with E-state index in [4.69, 9.17) is 9.47 Å². The average Bonchev–Trinajstić information content (AvgIpc) is 3.17. The standard InChI is InChI=1S/C26H26N2O5S/c1-5-28(6-2)25(30)22-15(3)20(26(31)32-4)24(34-22)27-23(29)21-16-11-7-9-13-18(16)33-19-14-10-8-12-17(19)21/h7-14,21H,5-6H2,1-4H3,(H,27,29). The summed E-state index contributed by atoms with van der Waals surface area (Å²) >= 11 is 1.10. The molecule has 1 aliphatic rings. The normalized spacial score (nSPS) is 12.2. The Bertz CT molecular complexity index is 1220. The van der Waals surface area contributed by atoms with E-state index < -0.39 is 11.9 Å². The molecule has 2 aromatic carbocycles. The number of para-hydroxylation sites is 2. The van der Waals surface area contributed by atoms with Gasteiger partial charge in [-0.15, -0.1) is 11.3 Å². The second-order valence-corrected chi connectivity index (χ2v) is 8.85. The third kappa shape index (κ3) is 4.05. The maximum absolute atomic E-state index is 13.7. The quantitative estimate of drug-likeness (QED) is 0.492. The van der Waals surface area contributed by atoms with E-state index in [1.54, 1.807) is 11.8 Å². The van der Waals surface area contributed by atoms with E-state index in [-0.39, 0.29) is 17.4 Å². The molecule has 7 nitrogen and oxygen atoms in total. The molecule has 1 N–H and O–H groups in total. The van der Waals surface area contributed by atoms with Crippen molar-refractivity contribution in [3.05, 3.63) is 75.7 Å². The van der Waals surface area contributed by atoms with Crippen molar-refractivity contribution >= 4 is 34.1 Å². The molecule has 0 radical (unpaired) electrons. The van der Waals surface area contributed by atoms with Crippen LogP contribution in [0.3, 0.4) is 0 Å². The van der Waals surface area contributed by atoms with Crippen LogP contribution in [0.25, 0.3) is 0 Å². The molecule has 0 aliphatic carbocycles. The number of nitrogens with zero attached hydrogens (tertiary/aromatic N) is 1. The second kappa shape index (κ2) is 9.69. The van der Waals surface area contributed by atoms with E-state index >= 15 is 0 Å². The Kier molecular flexibility index (Phi) is 6.70. The Morgan fingerprint density at radius 3 is 2.09 bits per heavy atom. The van der Waals surface area contributed by atoms with E-state index in [0.717, 1.165) is 22.5 Å². The third-order valence-electron chi connectivity index (χ3n) is 5.96. The van der Waals surface area contributed by atoms with E-state index in [9.17, 15) is 14.4 Å². The van der Waals surface area contributed by atoms with Crippen LogP contribution in [0.4, 0.5) is 5.00 Å². The number of esters is 1. The predicted octanol–water partition coefficient (Wildman–Crippen LogP) is 5.20. The van der Waals surface area contributed by atoms with Crippen LogP contribution in [0.1, 0.15) is 56.5 Å². The maximum Gasteiger partial charge on any atom is 0.341 e. The fourth-order valence-electron chi connectivity index (χ4n) is 4.18. The zero-order valence-corrected chi connectivity index (χ0v) is 20.3. The summed E-state index contributed by atoms with van der Waals surface area (Å²) in [5, 5.41) is 3.22. The maximum atomic E-state index is 13.7. The van der Waals surface area contributed by atoms with Gasteiger partial charge in [0.25, 0.3) is 5.91 Å². The predicted molar refractivity (Wildman–Crippen MR) is 131 cm³/mol. The Hall–Kier alpha value is -3.65. The van der Waals surface area contributed by atoms with Crippen molar-refractivity contribution < 1.29 is 23.9 Å². The number of thiophene rings is 1. The van der Waals surface area contributed by atoms with E-state index in [1.807, 2.05) is 62.4 Å². The molecule has 2 heterocycles. The van der Waals surface area contributed by atoms with Crippen LogP contribution >= 0.6 is 11.3 Å². The molecule has 1 aliphatic heterocycles. The molecule has 0 saturated carbocycles. The highest BCUT2D eigenvalue weighted by Crippen LogP contribution is 2.45. The minimum atomic E-state index is -0.643. The van der Waals surface area contributed by atoms with Gasteiger partial charge in [0.05, 0.1) is 23.5 Å². The third-order valence-corrected chi connectivity index (χ3v) is 7.16. The Morgan fingerprint density at radius 1 is 1.00 bits per heavy atom. The van der Waals surface area contributed by atoms with Crippen molar-refractivity contribution in [2.24, 2.45) is 0 Å². The lowest BCUT2D eigenvalue weighted by molar-refractivity contribution is -0.116. The van der Waals surface area contributed by atoms with Crippen molar-refractivity contribution in [2.75, 3.05) is 25.5 Å². The van der Waals surface area contributed by atoms with E-state index in [2.05, 4.69) is 5.32 Å². The number of hydrogen-bond acceptors (Lipinski definition) is 6. The highest BCUT2D eigenvalue weighted by molar-refractivity contribution is 7.18. The van der Waals surface area contributed by atoms with Crippen molar-refractivity contribution in [2.45, 2.75) is 26.7 Å². The summed E-state index contributed by atoms with van der Waals surface area (Å²) in [5.74, 6) is -0.536. The van der Waals surface area contributed by atoms with Gasteiger partial charge in [-0.2, -0.15) is 0 Å². The van der Waals surface area contributed by atoms with Gasteiger partial charge in [-0.1, -0.05) is 36.4 Å².